The molecule has 2 saturated carbocycles. The number of amides is 1. The van der Waals surface area contributed by atoms with Crippen molar-refractivity contribution in [3.8, 4) is 0 Å². The maximum absolute atomic E-state index is 14.4. The quantitative estimate of drug-likeness (QED) is 0.808. The highest BCUT2D eigenvalue weighted by molar-refractivity contribution is 5.76. The Balaban J connectivity index is 2.07. The van der Waals surface area contributed by atoms with Gasteiger partial charge in [0.1, 0.15) is 6.17 Å². The van der Waals surface area contributed by atoms with E-state index in [1.807, 2.05) is 6.92 Å². The zero-order valence-electron chi connectivity index (χ0n) is 11.6. The number of hydrogen-bond acceptors (Lipinski definition) is 1. The van der Waals surface area contributed by atoms with Crippen LogP contribution in [0.5, 0.6) is 0 Å². The van der Waals surface area contributed by atoms with E-state index < -0.39 is 6.17 Å². The van der Waals surface area contributed by atoms with E-state index in [0.717, 1.165) is 38.5 Å². The van der Waals surface area contributed by atoms with Gasteiger partial charge in [-0.15, -0.1) is 0 Å². The van der Waals surface area contributed by atoms with Crippen molar-refractivity contribution >= 4 is 5.91 Å². The van der Waals surface area contributed by atoms with Crippen molar-refractivity contribution in [3.63, 3.8) is 0 Å². The summed E-state index contributed by atoms with van der Waals surface area (Å²) in [6, 6.07) is 0. The smallest absolute Gasteiger partial charge is 0.220 e. The molecule has 6 unspecified atom stereocenters. The minimum atomic E-state index is -0.683. The fourth-order valence-electron chi connectivity index (χ4n) is 4.08. The predicted octanol–water partition coefficient (Wildman–Crippen LogP) is 3.30. The second-order valence-corrected chi connectivity index (χ2v) is 6.57. The first-order valence-electron chi connectivity index (χ1n) is 7.44. The first kappa shape index (κ1) is 13.8. The lowest BCUT2D eigenvalue weighted by atomic mass is 9.63. The fourth-order valence-corrected chi connectivity index (χ4v) is 4.08. The third-order valence-electron chi connectivity index (χ3n) is 5.36. The van der Waals surface area contributed by atoms with Gasteiger partial charge in [-0.2, -0.15) is 0 Å². The largest absolute Gasteiger partial charge is 0.369 e. The van der Waals surface area contributed by atoms with E-state index >= 15 is 0 Å². The van der Waals surface area contributed by atoms with Crippen LogP contribution in [0, 0.1) is 29.6 Å². The third-order valence-corrected chi connectivity index (χ3v) is 5.36. The van der Waals surface area contributed by atoms with Crippen LogP contribution in [-0.4, -0.2) is 12.1 Å². The van der Waals surface area contributed by atoms with Crippen LogP contribution in [0.3, 0.4) is 0 Å². The van der Waals surface area contributed by atoms with Crippen LogP contribution in [-0.2, 0) is 4.79 Å². The molecular weight excluding hydrogens is 229 g/mol. The Labute approximate surface area is 110 Å². The van der Waals surface area contributed by atoms with Gasteiger partial charge in [0, 0.05) is 5.92 Å². The Hall–Kier alpha value is -0.600. The van der Waals surface area contributed by atoms with Crippen LogP contribution in [0.2, 0.25) is 0 Å². The number of hydrogen-bond donors (Lipinski definition) is 1. The van der Waals surface area contributed by atoms with E-state index in [2.05, 4.69) is 6.92 Å². The zero-order chi connectivity index (χ0) is 13.3. The van der Waals surface area contributed by atoms with E-state index in [9.17, 15) is 9.18 Å². The molecule has 0 aromatic rings. The first-order valence-corrected chi connectivity index (χ1v) is 7.44. The average molecular weight is 255 g/mol. The van der Waals surface area contributed by atoms with Gasteiger partial charge in [-0.25, -0.2) is 4.39 Å². The SMILES string of the molecule is CC1CCCC(C2CC(C(N)=O)CCC2C)C1F. The molecule has 0 radical (unpaired) electrons. The van der Waals surface area contributed by atoms with Crippen molar-refractivity contribution < 1.29 is 9.18 Å². The van der Waals surface area contributed by atoms with Gasteiger partial charge in [0.25, 0.3) is 0 Å². The molecular formula is C15H26FNO. The molecule has 0 saturated heterocycles. The Kier molecular flexibility index (Phi) is 4.29. The first-order chi connectivity index (χ1) is 8.50. The molecule has 104 valence electrons. The molecule has 0 bridgehead atoms. The fraction of sp³-hybridized carbons (Fsp3) is 0.933. The van der Waals surface area contributed by atoms with Gasteiger partial charge in [-0.1, -0.05) is 20.3 Å². The van der Waals surface area contributed by atoms with Gasteiger partial charge in [0.2, 0.25) is 5.91 Å². The summed E-state index contributed by atoms with van der Waals surface area (Å²) in [5.41, 5.74) is 5.43. The van der Waals surface area contributed by atoms with Crippen LogP contribution >= 0.6 is 0 Å². The Morgan fingerprint density at radius 1 is 1.06 bits per heavy atom. The maximum atomic E-state index is 14.4. The molecule has 0 aromatic heterocycles. The molecule has 2 nitrogen and oxygen atoms in total. The van der Waals surface area contributed by atoms with Gasteiger partial charge in [0.05, 0.1) is 0 Å². The van der Waals surface area contributed by atoms with Crippen molar-refractivity contribution in [2.75, 3.05) is 0 Å². The summed E-state index contributed by atoms with van der Waals surface area (Å²) < 4.78 is 14.4. The number of halogens is 1. The monoisotopic (exact) mass is 255 g/mol. The van der Waals surface area contributed by atoms with E-state index in [1.165, 1.54) is 0 Å². The Bertz CT molecular complexity index is 307. The zero-order valence-corrected chi connectivity index (χ0v) is 11.6. The van der Waals surface area contributed by atoms with E-state index in [1.54, 1.807) is 0 Å². The summed E-state index contributed by atoms with van der Waals surface area (Å²) in [6.07, 6.45) is 5.19. The highest BCUT2D eigenvalue weighted by Gasteiger charge is 2.41. The number of carbonyl (C=O) groups excluding carboxylic acids is 1. The molecule has 0 aromatic carbocycles. The lowest BCUT2D eigenvalue weighted by molar-refractivity contribution is -0.124. The molecule has 2 fully saturated rings. The topological polar surface area (TPSA) is 43.1 Å². The van der Waals surface area contributed by atoms with Crippen LogP contribution in [0.1, 0.15) is 52.4 Å². The highest BCUT2D eigenvalue weighted by Crippen LogP contribution is 2.45. The summed E-state index contributed by atoms with van der Waals surface area (Å²) in [5.74, 6) is 1.03. The number of primary amides is 1. The average Bonchev–Trinajstić information content (AvgIpc) is 2.33. The number of rotatable bonds is 2. The standard InChI is InChI=1S/C15H26FNO/c1-9-6-7-11(15(17)18)8-13(9)12-5-3-4-10(2)14(12)16/h9-14H,3-8H2,1-2H3,(H2,17,18). The number of nitrogens with two attached hydrogens (primary N) is 1. The molecule has 2 aliphatic carbocycles. The van der Waals surface area contributed by atoms with E-state index in [0.29, 0.717) is 11.8 Å². The van der Waals surface area contributed by atoms with Crippen molar-refractivity contribution in [3.05, 3.63) is 0 Å². The molecule has 0 heterocycles. The lowest BCUT2D eigenvalue weighted by Crippen LogP contribution is -2.41. The summed E-state index contributed by atoms with van der Waals surface area (Å²) >= 11 is 0. The van der Waals surface area contributed by atoms with Crippen molar-refractivity contribution in [1.29, 1.82) is 0 Å². The van der Waals surface area contributed by atoms with Crippen LogP contribution in [0.25, 0.3) is 0 Å². The highest BCUT2D eigenvalue weighted by atomic mass is 19.1. The summed E-state index contributed by atoms with van der Waals surface area (Å²) in [6.45, 7) is 4.24. The predicted molar refractivity (Wildman–Crippen MR) is 70.6 cm³/mol. The molecule has 3 heteroatoms. The maximum Gasteiger partial charge on any atom is 0.220 e. The molecule has 2 aliphatic rings. The van der Waals surface area contributed by atoms with Gasteiger partial charge < -0.3 is 5.73 Å². The number of alkyl halides is 1. The van der Waals surface area contributed by atoms with Gasteiger partial charge in [0.15, 0.2) is 0 Å². The number of carbonyl (C=O) groups is 1. The molecule has 0 aliphatic heterocycles. The summed E-state index contributed by atoms with van der Waals surface area (Å²) in [4.78, 5) is 11.4. The van der Waals surface area contributed by atoms with Gasteiger partial charge >= 0.3 is 0 Å². The van der Waals surface area contributed by atoms with Crippen LogP contribution < -0.4 is 5.73 Å². The lowest BCUT2D eigenvalue weighted by Gasteiger charge is -2.43. The van der Waals surface area contributed by atoms with Crippen LogP contribution in [0.15, 0.2) is 0 Å². The second-order valence-electron chi connectivity index (χ2n) is 6.57. The Morgan fingerprint density at radius 2 is 1.78 bits per heavy atom. The molecule has 6 atom stereocenters. The van der Waals surface area contributed by atoms with Crippen molar-refractivity contribution in [2.24, 2.45) is 35.3 Å². The molecule has 1 amide bonds. The molecule has 2 rings (SSSR count). The van der Waals surface area contributed by atoms with Gasteiger partial charge in [-0.3, -0.25) is 4.79 Å². The molecule has 0 spiro atoms. The second kappa shape index (κ2) is 5.58. The minimum absolute atomic E-state index is 0.0179. The van der Waals surface area contributed by atoms with Crippen molar-refractivity contribution in [2.45, 2.75) is 58.5 Å². The molecule has 18 heavy (non-hydrogen) atoms. The third kappa shape index (κ3) is 2.70. The van der Waals surface area contributed by atoms with E-state index in [-0.39, 0.29) is 23.7 Å². The Morgan fingerprint density at radius 3 is 2.44 bits per heavy atom. The summed E-state index contributed by atoms with van der Waals surface area (Å²) in [7, 11) is 0. The van der Waals surface area contributed by atoms with Gasteiger partial charge in [-0.05, 0) is 55.8 Å². The molecule has 2 N–H and O–H groups in total. The minimum Gasteiger partial charge on any atom is -0.369 e. The van der Waals surface area contributed by atoms with Crippen LogP contribution in [0.4, 0.5) is 4.39 Å². The van der Waals surface area contributed by atoms with Crippen molar-refractivity contribution in [1.82, 2.24) is 0 Å². The normalized spacial score (nSPS) is 45.7. The van der Waals surface area contributed by atoms with E-state index in [4.69, 9.17) is 5.73 Å². The summed E-state index contributed by atoms with van der Waals surface area (Å²) in [5, 5.41) is 0.